The predicted octanol–water partition coefficient (Wildman–Crippen LogP) is 3.09. The second-order valence-electron chi connectivity index (χ2n) is 7.01. The van der Waals surface area contributed by atoms with Gasteiger partial charge in [-0.3, -0.25) is 9.78 Å². The summed E-state index contributed by atoms with van der Waals surface area (Å²) in [7, 11) is 0. The summed E-state index contributed by atoms with van der Waals surface area (Å²) >= 11 is 0. The second-order valence-corrected chi connectivity index (χ2v) is 7.01. The Morgan fingerprint density at radius 1 is 1.13 bits per heavy atom. The van der Waals surface area contributed by atoms with Crippen LogP contribution in [-0.4, -0.2) is 48.1 Å². The number of morpholine rings is 1. The molecule has 4 N–H and O–H groups in total. The summed E-state index contributed by atoms with van der Waals surface area (Å²) in [4.78, 5) is 17.8. The van der Waals surface area contributed by atoms with Gasteiger partial charge in [0.15, 0.2) is 0 Å². The number of para-hydroxylation sites is 1. The average Bonchev–Trinajstić information content (AvgIpc) is 2.80. The number of ether oxygens (including phenoxy) is 1. The summed E-state index contributed by atoms with van der Waals surface area (Å²) in [6.07, 6.45) is 6.11. The molecule has 1 amide bonds. The lowest BCUT2D eigenvalue weighted by atomic mass is 10.1. The van der Waals surface area contributed by atoms with Gasteiger partial charge in [-0.15, -0.1) is 0 Å². The number of nitrogens with zero attached hydrogens (tertiary/aromatic N) is 2. The molecular formula is C24H28N4O2. The molecular weight excluding hydrogens is 376 g/mol. The first-order chi connectivity index (χ1) is 14.7. The summed E-state index contributed by atoms with van der Waals surface area (Å²) in [5.74, 6) is 0.0988. The molecule has 0 bridgehead atoms. The van der Waals surface area contributed by atoms with Gasteiger partial charge in [-0.05, 0) is 29.8 Å². The number of carbonyl (C=O) groups excluding carboxylic acids is 1. The summed E-state index contributed by atoms with van der Waals surface area (Å²) in [6.45, 7) is 2.19. The molecule has 156 valence electrons. The Labute approximate surface area is 177 Å². The number of hydrogen-bond acceptors (Lipinski definition) is 5. The normalized spacial score (nSPS) is 16.3. The fourth-order valence-corrected chi connectivity index (χ4v) is 3.14. The van der Waals surface area contributed by atoms with Crippen LogP contribution in [0.15, 0.2) is 72.9 Å². The summed E-state index contributed by atoms with van der Waals surface area (Å²) < 4.78 is 5.65. The Balaban J connectivity index is 0.000000212. The molecule has 2 aromatic carbocycles. The monoisotopic (exact) mass is 404 g/mol. The van der Waals surface area contributed by atoms with Gasteiger partial charge in [-0.25, -0.2) is 0 Å². The highest BCUT2D eigenvalue weighted by atomic mass is 16.5. The minimum Gasteiger partial charge on any atom is -0.399 e. The van der Waals surface area contributed by atoms with E-state index in [4.69, 9.17) is 16.2 Å². The minimum absolute atomic E-state index is 0.0666. The van der Waals surface area contributed by atoms with E-state index < -0.39 is 0 Å². The van der Waals surface area contributed by atoms with Crippen LogP contribution in [0.5, 0.6) is 0 Å². The Kier molecular flexibility index (Phi) is 7.94. The first kappa shape index (κ1) is 21.5. The van der Waals surface area contributed by atoms with Gasteiger partial charge in [-0.1, -0.05) is 48.6 Å². The number of nitrogen functional groups attached to an aromatic ring is 1. The Morgan fingerprint density at radius 2 is 1.90 bits per heavy atom. The van der Waals surface area contributed by atoms with E-state index in [1.165, 1.54) is 5.39 Å². The first-order valence-corrected chi connectivity index (χ1v) is 10.1. The third kappa shape index (κ3) is 6.40. The molecule has 0 saturated carbocycles. The Bertz CT molecular complexity index is 907. The number of anilines is 1. The maximum Gasteiger partial charge on any atom is 0.224 e. The van der Waals surface area contributed by atoms with E-state index in [-0.39, 0.29) is 12.0 Å². The highest BCUT2D eigenvalue weighted by Gasteiger charge is 2.21. The standard InChI is InChI=1S/C15H21N3O2.C9H7N/c16-8-7-15(19)18-9-10-20-14(11-18)6-3-12-1-4-13(17)5-2-12;1-2-6-9-8(4-1)5-3-7-10-9/h1-6,14H,7-11,16-17H2;1-7H. The van der Waals surface area contributed by atoms with Gasteiger partial charge in [0.05, 0.1) is 24.8 Å². The molecule has 1 aliphatic heterocycles. The van der Waals surface area contributed by atoms with Crippen LogP contribution >= 0.6 is 0 Å². The number of pyridine rings is 1. The zero-order chi connectivity index (χ0) is 21.2. The van der Waals surface area contributed by atoms with Crippen molar-refractivity contribution in [3.63, 3.8) is 0 Å². The number of benzene rings is 2. The molecule has 4 rings (SSSR count). The number of hydrogen-bond donors (Lipinski definition) is 2. The molecule has 30 heavy (non-hydrogen) atoms. The van der Waals surface area contributed by atoms with Gasteiger partial charge >= 0.3 is 0 Å². The van der Waals surface area contributed by atoms with Crippen molar-refractivity contribution in [1.29, 1.82) is 0 Å². The molecule has 3 aromatic rings. The van der Waals surface area contributed by atoms with Crippen LogP contribution in [0.3, 0.4) is 0 Å². The van der Waals surface area contributed by atoms with E-state index in [1.807, 2.05) is 71.8 Å². The molecule has 0 spiro atoms. The van der Waals surface area contributed by atoms with E-state index in [1.54, 1.807) is 0 Å². The average molecular weight is 405 g/mol. The van der Waals surface area contributed by atoms with Crippen LogP contribution in [-0.2, 0) is 9.53 Å². The quantitative estimate of drug-likeness (QED) is 0.652. The lowest BCUT2D eigenvalue weighted by molar-refractivity contribution is -0.136. The van der Waals surface area contributed by atoms with Gasteiger partial charge < -0.3 is 21.1 Å². The van der Waals surface area contributed by atoms with Gasteiger partial charge in [0.25, 0.3) is 0 Å². The maximum absolute atomic E-state index is 11.8. The highest BCUT2D eigenvalue weighted by Crippen LogP contribution is 2.12. The molecule has 1 aromatic heterocycles. The molecule has 6 heteroatoms. The minimum atomic E-state index is -0.0666. The van der Waals surface area contributed by atoms with Crippen molar-refractivity contribution in [1.82, 2.24) is 9.88 Å². The van der Waals surface area contributed by atoms with Gasteiger partial charge in [0, 0.05) is 36.8 Å². The lowest BCUT2D eigenvalue weighted by Crippen LogP contribution is -2.45. The third-order valence-corrected chi connectivity index (χ3v) is 4.76. The topological polar surface area (TPSA) is 94.5 Å². The molecule has 1 atom stereocenters. The molecule has 0 aliphatic carbocycles. The van der Waals surface area contributed by atoms with Gasteiger partial charge in [0.2, 0.25) is 5.91 Å². The molecule has 1 saturated heterocycles. The molecule has 6 nitrogen and oxygen atoms in total. The van der Waals surface area contributed by atoms with Crippen molar-refractivity contribution in [2.24, 2.45) is 5.73 Å². The Morgan fingerprint density at radius 3 is 2.67 bits per heavy atom. The zero-order valence-electron chi connectivity index (χ0n) is 17.0. The van der Waals surface area contributed by atoms with Crippen molar-refractivity contribution >= 4 is 28.6 Å². The van der Waals surface area contributed by atoms with E-state index in [2.05, 4.69) is 17.1 Å². The second kappa shape index (κ2) is 11.1. The summed E-state index contributed by atoms with van der Waals surface area (Å²) in [6, 6.07) is 19.7. The van der Waals surface area contributed by atoms with Gasteiger partial charge in [-0.2, -0.15) is 0 Å². The fourth-order valence-electron chi connectivity index (χ4n) is 3.14. The number of carbonyl (C=O) groups is 1. The highest BCUT2D eigenvalue weighted by molar-refractivity contribution is 5.77. The van der Waals surface area contributed by atoms with E-state index in [0.717, 1.165) is 16.8 Å². The van der Waals surface area contributed by atoms with Crippen molar-refractivity contribution in [3.05, 3.63) is 78.5 Å². The van der Waals surface area contributed by atoms with Crippen molar-refractivity contribution in [2.75, 3.05) is 32.0 Å². The van der Waals surface area contributed by atoms with Gasteiger partial charge in [0.1, 0.15) is 0 Å². The van der Waals surface area contributed by atoms with E-state index >= 15 is 0 Å². The van der Waals surface area contributed by atoms with Crippen LogP contribution in [0.25, 0.3) is 17.0 Å². The van der Waals surface area contributed by atoms with Crippen LogP contribution in [0, 0.1) is 0 Å². The number of aromatic nitrogens is 1. The number of fused-ring (bicyclic) bond motifs is 1. The van der Waals surface area contributed by atoms with Crippen LogP contribution < -0.4 is 11.5 Å². The van der Waals surface area contributed by atoms with Crippen molar-refractivity contribution in [3.8, 4) is 0 Å². The number of amides is 1. The smallest absolute Gasteiger partial charge is 0.224 e. The maximum atomic E-state index is 11.8. The van der Waals surface area contributed by atoms with E-state index in [9.17, 15) is 4.79 Å². The lowest BCUT2D eigenvalue weighted by Gasteiger charge is -2.31. The number of nitrogens with two attached hydrogens (primary N) is 2. The zero-order valence-corrected chi connectivity index (χ0v) is 17.0. The Hall–Kier alpha value is -3.22. The first-order valence-electron chi connectivity index (χ1n) is 10.1. The van der Waals surface area contributed by atoms with Crippen molar-refractivity contribution < 1.29 is 9.53 Å². The summed E-state index contributed by atoms with van der Waals surface area (Å²) in [5.41, 5.74) is 13.9. The molecule has 0 radical (unpaired) electrons. The summed E-state index contributed by atoms with van der Waals surface area (Å²) in [5, 5.41) is 1.20. The van der Waals surface area contributed by atoms with E-state index in [0.29, 0.717) is 32.7 Å². The van der Waals surface area contributed by atoms with Crippen LogP contribution in [0.2, 0.25) is 0 Å². The molecule has 1 aliphatic rings. The SMILES string of the molecule is NCCC(=O)N1CCOC(C=Cc2ccc(N)cc2)C1.c1ccc2ncccc2c1. The molecule has 1 fully saturated rings. The van der Waals surface area contributed by atoms with Crippen molar-refractivity contribution in [2.45, 2.75) is 12.5 Å². The number of rotatable bonds is 4. The fraction of sp³-hybridized carbons (Fsp3) is 0.250. The molecule has 1 unspecified atom stereocenters. The largest absolute Gasteiger partial charge is 0.399 e. The third-order valence-electron chi connectivity index (χ3n) is 4.76. The predicted molar refractivity (Wildman–Crippen MR) is 122 cm³/mol. The van der Waals surface area contributed by atoms with Crippen LogP contribution in [0.1, 0.15) is 12.0 Å². The molecule has 2 heterocycles. The van der Waals surface area contributed by atoms with Crippen LogP contribution in [0.4, 0.5) is 5.69 Å².